The van der Waals surface area contributed by atoms with Crippen LogP contribution in [0.2, 0.25) is 0 Å². The quantitative estimate of drug-likeness (QED) is 0.469. The molecule has 0 aliphatic carbocycles. The summed E-state index contributed by atoms with van der Waals surface area (Å²) in [7, 11) is 1.79. The highest BCUT2D eigenvalue weighted by atomic mass is 16.4. The highest BCUT2D eigenvalue weighted by Crippen LogP contribution is 1.94. The Labute approximate surface area is 78.9 Å². The number of amides is 1. The molecule has 74 valence electrons. The maximum absolute atomic E-state index is 10.6. The second-order valence-electron chi connectivity index (χ2n) is 2.68. The molecule has 2 N–H and O–H groups in total. The molecular formula is C9H16N2O2. The van der Waals surface area contributed by atoms with Crippen LogP contribution in [0.15, 0.2) is 0 Å². The second kappa shape index (κ2) is 7.44. The Morgan fingerprint density at radius 2 is 2.31 bits per heavy atom. The van der Waals surface area contributed by atoms with Crippen LogP contribution in [0.1, 0.15) is 12.8 Å². The van der Waals surface area contributed by atoms with Crippen LogP contribution in [0.4, 0.5) is 4.79 Å². The second-order valence-corrected chi connectivity index (χ2v) is 2.68. The SMILES string of the molecule is C#CCCCN(CCNC)C(=O)O. The highest BCUT2D eigenvalue weighted by molar-refractivity contribution is 5.64. The Bertz CT molecular complexity index is 187. The van der Waals surface area contributed by atoms with Crippen molar-refractivity contribution >= 4 is 6.09 Å². The van der Waals surface area contributed by atoms with Crippen molar-refractivity contribution in [1.29, 1.82) is 0 Å². The van der Waals surface area contributed by atoms with Gasteiger partial charge in [0.1, 0.15) is 0 Å². The predicted octanol–water partition coefficient (Wildman–Crippen LogP) is 0.599. The molecule has 0 spiro atoms. The van der Waals surface area contributed by atoms with Crippen LogP contribution >= 0.6 is 0 Å². The Morgan fingerprint density at radius 3 is 2.77 bits per heavy atom. The number of terminal acetylenes is 1. The van der Waals surface area contributed by atoms with E-state index in [0.29, 0.717) is 26.1 Å². The van der Waals surface area contributed by atoms with Crippen molar-refractivity contribution in [3.8, 4) is 12.3 Å². The van der Waals surface area contributed by atoms with Gasteiger partial charge in [0.15, 0.2) is 0 Å². The number of hydrogen-bond donors (Lipinski definition) is 2. The summed E-state index contributed by atoms with van der Waals surface area (Å²) in [5, 5.41) is 11.6. The summed E-state index contributed by atoms with van der Waals surface area (Å²) in [6, 6.07) is 0. The van der Waals surface area contributed by atoms with Crippen molar-refractivity contribution in [3.63, 3.8) is 0 Å². The molecule has 0 atom stereocenters. The first-order valence-corrected chi connectivity index (χ1v) is 4.28. The average molecular weight is 184 g/mol. The van der Waals surface area contributed by atoms with E-state index in [4.69, 9.17) is 11.5 Å². The van der Waals surface area contributed by atoms with Crippen LogP contribution in [0.25, 0.3) is 0 Å². The summed E-state index contributed by atoms with van der Waals surface area (Å²) in [5.74, 6) is 2.48. The first-order valence-electron chi connectivity index (χ1n) is 4.28. The van der Waals surface area contributed by atoms with Gasteiger partial charge in [-0.1, -0.05) is 0 Å². The molecule has 0 bridgehead atoms. The third-order valence-electron chi connectivity index (χ3n) is 1.65. The van der Waals surface area contributed by atoms with E-state index in [1.165, 1.54) is 4.90 Å². The van der Waals surface area contributed by atoms with E-state index in [9.17, 15) is 4.79 Å². The molecule has 0 aromatic rings. The molecule has 0 heterocycles. The van der Waals surface area contributed by atoms with Crippen molar-refractivity contribution < 1.29 is 9.90 Å². The van der Waals surface area contributed by atoms with Crippen LogP contribution in [0.5, 0.6) is 0 Å². The van der Waals surface area contributed by atoms with Gasteiger partial charge in [-0.15, -0.1) is 12.3 Å². The highest BCUT2D eigenvalue weighted by Gasteiger charge is 2.08. The molecule has 4 nitrogen and oxygen atoms in total. The minimum atomic E-state index is -0.882. The minimum absolute atomic E-state index is 0.510. The lowest BCUT2D eigenvalue weighted by Crippen LogP contribution is -2.35. The summed E-state index contributed by atoms with van der Waals surface area (Å²) >= 11 is 0. The average Bonchev–Trinajstić information content (AvgIpc) is 2.10. The lowest BCUT2D eigenvalue weighted by molar-refractivity contribution is 0.145. The van der Waals surface area contributed by atoms with Gasteiger partial charge < -0.3 is 15.3 Å². The van der Waals surface area contributed by atoms with Gasteiger partial charge in [0.05, 0.1) is 0 Å². The van der Waals surface area contributed by atoms with Gasteiger partial charge in [0.2, 0.25) is 0 Å². The normalized spacial score (nSPS) is 9.23. The molecule has 0 unspecified atom stereocenters. The molecule has 0 aromatic heterocycles. The Morgan fingerprint density at radius 1 is 1.62 bits per heavy atom. The number of carboxylic acid groups (broad SMARTS) is 1. The van der Waals surface area contributed by atoms with Gasteiger partial charge in [-0.2, -0.15) is 0 Å². The minimum Gasteiger partial charge on any atom is -0.465 e. The molecule has 4 heteroatoms. The summed E-state index contributed by atoms with van der Waals surface area (Å²) in [4.78, 5) is 12.0. The van der Waals surface area contributed by atoms with Crippen LogP contribution in [0.3, 0.4) is 0 Å². The summed E-state index contributed by atoms with van der Waals surface area (Å²) in [5.41, 5.74) is 0. The van der Waals surface area contributed by atoms with Gasteiger partial charge >= 0.3 is 6.09 Å². The van der Waals surface area contributed by atoms with E-state index in [1.54, 1.807) is 7.05 Å². The van der Waals surface area contributed by atoms with E-state index in [-0.39, 0.29) is 0 Å². The third kappa shape index (κ3) is 6.00. The van der Waals surface area contributed by atoms with Crippen LogP contribution < -0.4 is 5.32 Å². The lowest BCUT2D eigenvalue weighted by Gasteiger charge is -2.17. The van der Waals surface area contributed by atoms with E-state index >= 15 is 0 Å². The molecule has 0 fully saturated rings. The Kier molecular flexibility index (Phi) is 6.75. The number of unbranched alkanes of at least 4 members (excludes halogenated alkanes) is 1. The number of nitrogens with one attached hydrogen (secondary N) is 1. The van der Waals surface area contributed by atoms with E-state index in [2.05, 4.69) is 11.2 Å². The third-order valence-corrected chi connectivity index (χ3v) is 1.65. The fourth-order valence-electron chi connectivity index (χ4n) is 0.922. The van der Waals surface area contributed by atoms with Gasteiger partial charge in [0, 0.05) is 26.1 Å². The first kappa shape index (κ1) is 11.8. The fraction of sp³-hybridized carbons (Fsp3) is 0.667. The number of likely N-dealkylation sites (N-methyl/N-ethyl adjacent to an activating group) is 1. The van der Waals surface area contributed by atoms with E-state index in [1.807, 2.05) is 0 Å². The zero-order chi connectivity index (χ0) is 10.1. The smallest absolute Gasteiger partial charge is 0.407 e. The topological polar surface area (TPSA) is 52.6 Å². The van der Waals surface area contributed by atoms with Crippen molar-refractivity contribution in [3.05, 3.63) is 0 Å². The standard InChI is InChI=1S/C9H16N2O2/c1-3-4-5-7-11(9(12)13)8-6-10-2/h1,10H,4-8H2,2H3,(H,12,13). The Balaban J connectivity index is 3.68. The zero-order valence-electron chi connectivity index (χ0n) is 7.92. The predicted molar refractivity (Wildman–Crippen MR) is 51.6 cm³/mol. The van der Waals surface area contributed by atoms with Crippen molar-refractivity contribution in [2.45, 2.75) is 12.8 Å². The molecule has 0 aliphatic heterocycles. The molecule has 1 amide bonds. The molecule has 0 aliphatic rings. The number of carbonyl (C=O) groups is 1. The van der Waals surface area contributed by atoms with E-state index < -0.39 is 6.09 Å². The molecule has 13 heavy (non-hydrogen) atoms. The maximum Gasteiger partial charge on any atom is 0.407 e. The summed E-state index contributed by atoms with van der Waals surface area (Å²) in [6.45, 7) is 1.69. The van der Waals surface area contributed by atoms with Crippen LogP contribution in [0, 0.1) is 12.3 Å². The molecule has 0 radical (unpaired) electrons. The van der Waals surface area contributed by atoms with Gasteiger partial charge in [0.25, 0.3) is 0 Å². The van der Waals surface area contributed by atoms with Crippen LogP contribution in [-0.2, 0) is 0 Å². The Hall–Kier alpha value is -1.21. The van der Waals surface area contributed by atoms with Gasteiger partial charge in [-0.25, -0.2) is 4.79 Å². The van der Waals surface area contributed by atoms with E-state index in [0.717, 1.165) is 6.42 Å². The van der Waals surface area contributed by atoms with Crippen molar-refractivity contribution in [2.24, 2.45) is 0 Å². The molecular weight excluding hydrogens is 168 g/mol. The monoisotopic (exact) mass is 184 g/mol. The van der Waals surface area contributed by atoms with Gasteiger partial charge in [-0.3, -0.25) is 0 Å². The lowest BCUT2D eigenvalue weighted by atomic mass is 10.3. The largest absolute Gasteiger partial charge is 0.465 e. The summed E-state index contributed by atoms with van der Waals surface area (Å²) < 4.78 is 0. The molecule has 0 rings (SSSR count). The van der Waals surface area contributed by atoms with Gasteiger partial charge in [-0.05, 0) is 13.5 Å². The van der Waals surface area contributed by atoms with Crippen molar-refractivity contribution in [2.75, 3.05) is 26.7 Å². The summed E-state index contributed by atoms with van der Waals surface area (Å²) in [6.07, 6.45) is 5.54. The number of nitrogens with zero attached hydrogens (tertiary/aromatic N) is 1. The molecule has 0 saturated heterocycles. The van der Waals surface area contributed by atoms with Crippen LogP contribution in [-0.4, -0.2) is 42.8 Å². The fourth-order valence-corrected chi connectivity index (χ4v) is 0.922. The first-order chi connectivity index (χ1) is 6.22. The number of rotatable bonds is 6. The number of hydrogen-bond acceptors (Lipinski definition) is 2. The maximum atomic E-state index is 10.6. The zero-order valence-corrected chi connectivity index (χ0v) is 7.92. The molecule has 0 aromatic carbocycles. The van der Waals surface area contributed by atoms with Crippen molar-refractivity contribution in [1.82, 2.24) is 10.2 Å². The molecule has 0 saturated carbocycles.